The van der Waals surface area contributed by atoms with E-state index in [2.05, 4.69) is 5.32 Å². The number of nitrogen functional groups attached to an aromatic ring is 1. The first-order chi connectivity index (χ1) is 9.97. The van der Waals surface area contributed by atoms with Crippen molar-refractivity contribution in [2.45, 2.75) is 24.6 Å². The number of rotatable bonds is 3. The monoisotopic (exact) mass is 309 g/mol. The van der Waals surface area contributed by atoms with Gasteiger partial charge in [-0.1, -0.05) is 12.1 Å². The lowest BCUT2D eigenvalue weighted by atomic mass is 9.93. The number of hydrogen-bond acceptors (Lipinski definition) is 4. The zero-order valence-corrected chi connectivity index (χ0v) is 12.5. The fourth-order valence-electron chi connectivity index (χ4n) is 3.16. The highest BCUT2D eigenvalue weighted by Crippen LogP contribution is 2.30. The van der Waals surface area contributed by atoms with E-state index in [-0.39, 0.29) is 23.6 Å². The maximum absolute atomic E-state index is 12.6. The smallest absolute Gasteiger partial charge is 0.224 e. The van der Waals surface area contributed by atoms with Crippen molar-refractivity contribution in [3.63, 3.8) is 0 Å². The molecule has 1 aromatic rings. The van der Waals surface area contributed by atoms with Gasteiger partial charge in [0.25, 0.3) is 0 Å². The number of carbonyl (C=O) groups excluding carboxylic acids is 1. The molecule has 2 aliphatic rings. The molecule has 2 saturated heterocycles. The quantitative estimate of drug-likeness (QED) is 0.786. The first-order valence-corrected chi connectivity index (χ1v) is 8.70. The summed E-state index contributed by atoms with van der Waals surface area (Å²) < 4.78 is 26.8. The molecule has 1 amide bonds. The van der Waals surface area contributed by atoms with E-state index in [1.165, 1.54) is 4.31 Å². The first-order valence-electron chi connectivity index (χ1n) is 7.09. The predicted octanol–water partition coefficient (Wildman–Crippen LogP) is 0.309. The third-order valence-electron chi connectivity index (χ3n) is 4.24. The normalized spacial score (nSPS) is 26.4. The highest BCUT2D eigenvalue weighted by molar-refractivity contribution is 7.88. The van der Waals surface area contributed by atoms with E-state index in [0.717, 1.165) is 12.8 Å². The van der Waals surface area contributed by atoms with Crippen LogP contribution >= 0.6 is 0 Å². The third-order valence-corrected chi connectivity index (χ3v) is 6.10. The lowest BCUT2D eigenvalue weighted by Gasteiger charge is -2.34. The van der Waals surface area contributed by atoms with Gasteiger partial charge < -0.3 is 11.1 Å². The zero-order chi connectivity index (χ0) is 15.0. The summed E-state index contributed by atoms with van der Waals surface area (Å²) in [6.45, 7) is 0.915. The summed E-state index contributed by atoms with van der Waals surface area (Å²) in [6.07, 6.45) is 1.50. The highest BCUT2D eigenvalue weighted by atomic mass is 32.2. The Balaban J connectivity index is 1.81. The number of nitrogens with one attached hydrogen (secondary N) is 1. The van der Waals surface area contributed by atoms with Gasteiger partial charge in [0.1, 0.15) is 0 Å². The minimum atomic E-state index is -3.43. The predicted molar refractivity (Wildman–Crippen MR) is 79.7 cm³/mol. The summed E-state index contributed by atoms with van der Waals surface area (Å²) in [7, 11) is -3.43. The van der Waals surface area contributed by atoms with Gasteiger partial charge in [0.15, 0.2) is 0 Å². The van der Waals surface area contributed by atoms with Gasteiger partial charge >= 0.3 is 0 Å². The number of amides is 1. The van der Waals surface area contributed by atoms with Gasteiger partial charge in [-0.3, -0.25) is 4.79 Å². The number of carbonyl (C=O) groups is 1. The molecule has 0 spiro atoms. The van der Waals surface area contributed by atoms with Crippen molar-refractivity contribution in [2.24, 2.45) is 5.92 Å². The molecule has 2 fully saturated rings. The summed E-state index contributed by atoms with van der Waals surface area (Å²) in [4.78, 5) is 11.7. The Kier molecular flexibility index (Phi) is 3.62. The number of nitrogens with zero attached hydrogens (tertiary/aromatic N) is 1. The van der Waals surface area contributed by atoms with Crippen molar-refractivity contribution in [3.8, 4) is 0 Å². The molecule has 2 atom stereocenters. The Morgan fingerprint density at radius 2 is 2.00 bits per heavy atom. The van der Waals surface area contributed by atoms with Crippen molar-refractivity contribution in [3.05, 3.63) is 29.8 Å². The summed E-state index contributed by atoms with van der Waals surface area (Å²) in [5.41, 5.74) is 6.94. The highest BCUT2D eigenvalue weighted by Gasteiger charge is 2.45. The van der Waals surface area contributed by atoms with E-state index in [4.69, 9.17) is 5.73 Å². The lowest BCUT2D eigenvalue weighted by Crippen LogP contribution is -2.48. The molecule has 21 heavy (non-hydrogen) atoms. The molecule has 0 aromatic heterocycles. The standard InChI is InChI=1S/C14H19N3O3S/c15-11-5-3-10(4-6-11)9-21(19,20)17-7-1-2-12-13(17)8-16-14(12)18/h3-6,12-13H,1-2,7-9,15H2,(H,16,18). The number of benzene rings is 1. The van der Waals surface area contributed by atoms with E-state index >= 15 is 0 Å². The van der Waals surface area contributed by atoms with E-state index in [1.807, 2.05) is 0 Å². The molecule has 0 bridgehead atoms. The first kappa shape index (κ1) is 14.3. The fraction of sp³-hybridized carbons (Fsp3) is 0.500. The number of piperidine rings is 1. The minimum Gasteiger partial charge on any atom is -0.399 e. The van der Waals surface area contributed by atoms with Gasteiger partial charge in [0.05, 0.1) is 17.7 Å². The van der Waals surface area contributed by atoms with Crippen molar-refractivity contribution >= 4 is 21.6 Å². The summed E-state index contributed by atoms with van der Waals surface area (Å²) in [5.74, 6) is -0.266. The summed E-state index contributed by atoms with van der Waals surface area (Å²) in [5, 5.41) is 2.77. The molecular weight excluding hydrogens is 290 g/mol. The van der Waals surface area contributed by atoms with Gasteiger partial charge in [-0.25, -0.2) is 8.42 Å². The van der Waals surface area contributed by atoms with Crippen LogP contribution in [0.4, 0.5) is 5.69 Å². The third kappa shape index (κ3) is 2.75. The van der Waals surface area contributed by atoms with Gasteiger partial charge in [0, 0.05) is 18.8 Å². The molecule has 0 radical (unpaired) electrons. The molecule has 1 aromatic carbocycles. The van der Waals surface area contributed by atoms with E-state index in [0.29, 0.717) is 24.3 Å². The molecule has 2 aliphatic heterocycles. The number of anilines is 1. The van der Waals surface area contributed by atoms with Crippen LogP contribution in [0.2, 0.25) is 0 Å². The Hall–Kier alpha value is -1.60. The maximum atomic E-state index is 12.6. The van der Waals surface area contributed by atoms with Crippen LogP contribution < -0.4 is 11.1 Å². The summed E-state index contributed by atoms with van der Waals surface area (Å²) in [6, 6.07) is 6.62. The van der Waals surface area contributed by atoms with Gasteiger partial charge in [0.2, 0.25) is 15.9 Å². The van der Waals surface area contributed by atoms with Crippen molar-refractivity contribution in [1.82, 2.24) is 9.62 Å². The van der Waals surface area contributed by atoms with Gasteiger partial charge in [-0.05, 0) is 30.5 Å². The molecule has 2 unspecified atom stereocenters. The number of fused-ring (bicyclic) bond motifs is 1. The van der Waals surface area contributed by atoms with E-state index in [9.17, 15) is 13.2 Å². The average Bonchev–Trinajstić information content (AvgIpc) is 2.83. The van der Waals surface area contributed by atoms with Crippen LogP contribution in [0.25, 0.3) is 0 Å². The molecule has 7 heteroatoms. The van der Waals surface area contributed by atoms with Gasteiger partial charge in [-0.15, -0.1) is 0 Å². The second-order valence-corrected chi connectivity index (χ2v) is 7.59. The maximum Gasteiger partial charge on any atom is 0.224 e. The second-order valence-electron chi connectivity index (χ2n) is 5.67. The summed E-state index contributed by atoms with van der Waals surface area (Å²) >= 11 is 0. The number of sulfonamides is 1. The largest absolute Gasteiger partial charge is 0.399 e. The Bertz CT molecular complexity index is 642. The van der Waals surface area contributed by atoms with Gasteiger partial charge in [-0.2, -0.15) is 4.31 Å². The molecule has 0 saturated carbocycles. The molecule has 3 rings (SSSR count). The van der Waals surface area contributed by atoms with Crippen LogP contribution in [0.3, 0.4) is 0 Å². The lowest BCUT2D eigenvalue weighted by molar-refractivity contribution is -0.123. The molecule has 6 nitrogen and oxygen atoms in total. The van der Waals surface area contributed by atoms with E-state index < -0.39 is 10.0 Å². The Labute approximate surface area is 124 Å². The fourth-order valence-corrected chi connectivity index (χ4v) is 4.99. The van der Waals surface area contributed by atoms with Crippen molar-refractivity contribution in [1.29, 1.82) is 0 Å². The van der Waals surface area contributed by atoms with Crippen molar-refractivity contribution < 1.29 is 13.2 Å². The van der Waals surface area contributed by atoms with E-state index in [1.54, 1.807) is 24.3 Å². The number of hydrogen-bond donors (Lipinski definition) is 2. The second kappa shape index (κ2) is 5.31. The molecule has 114 valence electrons. The Morgan fingerprint density at radius 1 is 1.29 bits per heavy atom. The van der Waals surface area contributed by atoms with Crippen molar-refractivity contribution in [2.75, 3.05) is 18.8 Å². The molecule has 2 heterocycles. The van der Waals surface area contributed by atoms with Crippen LogP contribution in [-0.4, -0.2) is 37.8 Å². The van der Waals surface area contributed by atoms with Crippen LogP contribution in [-0.2, 0) is 20.6 Å². The topological polar surface area (TPSA) is 92.5 Å². The SMILES string of the molecule is Nc1ccc(CS(=O)(=O)N2CCCC3C(=O)NCC32)cc1. The van der Waals surface area contributed by atoms with Crippen LogP contribution in [0, 0.1) is 5.92 Å². The molecule has 3 N–H and O–H groups in total. The molecule has 0 aliphatic carbocycles. The Morgan fingerprint density at radius 3 is 2.71 bits per heavy atom. The zero-order valence-electron chi connectivity index (χ0n) is 11.7. The van der Waals surface area contributed by atoms with Crippen LogP contribution in [0.15, 0.2) is 24.3 Å². The van der Waals surface area contributed by atoms with Crippen LogP contribution in [0.1, 0.15) is 18.4 Å². The minimum absolute atomic E-state index is 0.0209. The average molecular weight is 309 g/mol. The number of nitrogens with two attached hydrogens (primary N) is 1. The molecular formula is C14H19N3O3S. The van der Waals surface area contributed by atoms with Crippen LogP contribution in [0.5, 0.6) is 0 Å².